The maximum Gasteiger partial charge on any atom is 0.253 e. The number of carbonyl (C=O) groups is 1. The van der Waals surface area contributed by atoms with E-state index >= 15 is 0 Å². The zero-order valence-corrected chi connectivity index (χ0v) is 20.7. The summed E-state index contributed by atoms with van der Waals surface area (Å²) in [6, 6.07) is 22.7. The first-order valence-corrected chi connectivity index (χ1v) is 10.3. The zero-order valence-electron chi connectivity index (χ0n) is 18.4. The molecule has 0 saturated carbocycles. The van der Waals surface area contributed by atoms with Crippen LogP contribution in [0, 0.1) is 0 Å². The van der Waals surface area contributed by atoms with Crippen molar-refractivity contribution in [3.05, 3.63) is 83.4 Å². The predicted molar refractivity (Wildman–Crippen MR) is 141 cm³/mol. The number of aliphatic imine (C=N–C) groups is 1. The molecule has 164 valence electrons. The van der Waals surface area contributed by atoms with E-state index in [4.69, 9.17) is 0 Å². The minimum absolute atomic E-state index is 0. The van der Waals surface area contributed by atoms with Gasteiger partial charge in [-0.3, -0.25) is 9.79 Å². The Labute approximate surface area is 202 Å². The predicted octanol–water partition coefficient (Wildman–Crippen LogP) is 4.11. The highest BCUT2D eigenvalue weighted by Crippen LogP contribution is 2.18. The fourth-order valence-electron chi connectivity index (χ4n) is 3.49. The molecule has 31 heavy (non-hydrogen) atoms. The number of fused-ring (bicyclic) bond motifs is 1. The molecule has 3 aromatic carbocycles. The Bertz CT molecular complexity index is 1030. The fraction of sp³-hybridized carbons (Fsp3) is 0.280. The number of hydrogen-bond donors (Lipinski definition) is 2. The van der Waals surface area contributed by atoms with Crippen LogP contribution >= 0.6 is 24.0 Å². The van der Waals surface area contributed by atoms with Gasteiger partial charge in [-0.25, -0.2) is 0 Å². The third-order valence-corrected chi connectivity index (χ3v) is 5.08. The molecule has 0 aliphatic carbocycles. The number of nitrogens with zero attached hydrogens (tertiary/aromatic N) is 2. The average molecular weight is 530 g/mol. The Morgan fingerprint density at radius 1 is 0.903 bits per heavy atom. The fourth-order valence-corrected chi connectivity index (χ4v) is 3.49. The van der Waals surface area contributed by atoms with E-state index in [9.17, 15) is 4.79 Å². The van der Waals surface area contributed by atoms with Gasteiger partial charge < -0.3 is 15.5 Å². The summed E-state index contributed by atoms with van der Waals surface area (Å²) in [5, 5.41) is 9.32. The van der Waals surface area contributed by atoms with Crippen molar-refractivity contribution in [1.29, 1.82) is 0 Å². The van der Waals surface area contributed by atoms with Gasteiger partial charge in [-0.05, 0) is 46.9 Å². The van der Waals surface area contributed by atoms with Gasteiger partial charge in [-0.2, -0.15) is 0 Å². The van der Waals surface area contributed by atoms with Gasteiger partial charge in [0.1, 0.15) is 0 Å². The second kappa shape index (κ2) is 12.3. The normalized spacial score (nSPS) is 11.0. The van der Waals surface area contributed by atoms with Crippen LogP contribution < -0.4 is 10.6 Å². The van der Waals surface area contributed by atoms with Crippen molar-refractivity contribution in [3.8, 4) is 0 Å². The third-order valence-electron chi connectivity index (χ3n) is 5.08. The van der Waals surface area contributed by atoms with Crippen LogP contribution in [0.1, 0.15) is 21.5 Å². The summed E-state index contributed by atoms with van der Waals surface area (Å²) >= 11 is 0. The monoisotopic (exact) mass is 530 g/mol. The number of rotatable bonds is 7. The lowest BCUT2D eigenvalue weighted by molar-refractivity contribution is 0.0827. The zero-order chi connectivity index (χ0) is 21.3. The Morgan fingerprint density at radius 3 is 2.32 bits per heavy atom. The second-order valence-electron chi connectivity index (χ2n) is 7.46. The van der Waals surface area contributed by atoms with E-state index in [0.29, 0.717) is 0 Å². The van der Waals surface area contributed by atoms with Crippen LogP contribution in [0.3, 0.4) is 0 Å². The van der Waals surface area contributed by atoms with Gasteiger partial charge in [0.15, 0.2) is 5.96 Å². The van der Waals surface area contributed by atoms with Crippen molar-refractivity contribution >= 4 is 46.6 Å². The molecule has 0 aliphatic heterocycles. The van der Waals surface area contributed by atoms with Crippen LogP contribution in [0.5, 0.6) is 0 Å². The van der Waals surface area contributed by atoms with Gasteiger partial charge in [-0.15, -0.1) is 24.0 Å². The van der Waals surface area contributed by atoms with E-state index in [-0.39, 0.29) is 29.9 Å². The van der Waals surface area contributed by atoms with Crippen LogP contribution in [-0.4, -0.2) is 51.0 Å². The lowest BCUT2D eigenvalue weighted by atomic mass is 10.0. The summed E-state index contributed by atoms with van der Waals surface area (Å²) in [5.41, 5.74) is 3.18. The number of guanidine groups is 1. The van der Waals surface area contributed by atoms with E-state index in [0.717, 1.165) is 43.0 Å². The Morgan fingerprint density at radius 2 is 1.58 bits per heavy atom. The lowest BCUT2D eigenvalue weighted by Gasteiger charge is -2.14. The van der Waals surface area contributed by atoms with Crippen molar-refractivity contribution in [2.24, 2.45) is 4.99 Å². The molecule has 3 aromatic rings. The third kappa shape index (κ3) is 6.95. The summed E-state index contributed by atoms with van der Waals surface area (Å²) in [7, 11) is 5.32. The van der Waals surface area contributed by atoms with Crippen molar-refractivity contribution in [1.82, 2.24) is 15.5 Å². The number of nitrogens with one attached hydrogen (secondary N) is 2. The molecule has 0 atom stereocenters. The highest BCUT2D eigenvalue weighted by Gasteiger charge is 2.08. The molecular weight excluding hydrogens is 499 g/mol. The highest BCUT2D eigenvalue weighted by atomic mass is 127. The Hall–Kier alpha value is -2.61. The average Bonchev–Trinajstić information content (AvgIpc) is 2.77. The van der Waals surface area contributed by atoms with Gasteiger partial charge in [0.2, 0.25) is 0 Å². The quantitative estimate of drug-likeness (QED) is 0.275. The van der Waals surface area contributed by atoms with E-state index in [1.54, 1.807) is 26.0 Å². The van der Waals surface area contributed by atoms with Crippen LogP contribution in [0.15, 0.2) is 71.7 Å². The number of hydrogen-bond acceptors (Lipinski definition) is 2. The van der Waals surface area contributed by atoms with E-state index < -0.39 is 0 Å². The topological polar surface area (TPSA) is 56.7 Å². The Balaban J connectivity index is 0.00000341. The van der Waals surface area contributed by atoms with Gasteiger partial charge in [-0.1, -0.05) is 54.6 Å². The summed E-state index contributed by atoms with van der Waals surface area (Å²) in [6.07, 6.45) is 1.75. The molecule has 0 fully saturated rings. The van der Waals surface area contributed by atoms with Crippen LogP contribution in [0.2, 0.25) is 0 Å². The van der Waals surface area contributed by atoms with Gasteiger partial charge >= 0.3 is 0 Å². The van der Waals surface area contributed by atoms with Crippen LogP contribution in [-0.2, 0) is 12.8 Å². The molecule has 5 nitrogen and oxygen atoms in total. The second-order valence-corrected chi connectivity index (χ2v) is 7.46. The SMILES string of the molecule is CN=C(NCCc1cccc(C(=O)N(C)C)c1)NCCc1cccc2ccccc12.I. The summed E-state index contributed by atoms with van der Waals surface area (Å²) < 4.78 is 0. The number of amides is 1. The molecule has 0 spiro atoms. The van der Waals surface area contributed by atoms with E-state index in [1.165, 1.54) is 16.3 Å². The van der Waals surface area contributed by atoms with Gasteiger partial charge in [0.05, 0.1) is 0 Å². The molecule has 0 aromatic heterocycles. The summed E-state index contributed by atoms with van der Waals surface area (Å²) in [5.74, 6) is 0.812. The smallest absolute Gasteiger partial charge is 0.253 e. The van der Waals surface area contributed by atoms with Crippen molar-refractivity contribution in [2.75, 3.05) is 34.2 Å². The number of carbonyl (C=O) groups excluding carboxylic acids is 1. The first kappa shape index (κ1) is 24.7. The lowest BCUT2D eigenvalue weighted by Crippen LogP contribution is -2.39. The molecule has 3 rings (SSSR count). The molecule has 6 heteroatoms. The molecule has 0 saturated heterocycles. The first-order valence-electron chi connectivity index (χ1n) is 10.3. The van der Waals surface area contributed by atoms with Crippen molar-refractivity contribution in [3.63, 3.8) is 0 Å². The van der Waals surface area contributed by atoms with Crippen LogP contribution in [0.4, 0.5) is 0 Å². The Kier molecular flexibility index (Phi) is 9.78. The standard InChI is InChI=1S/C25H30N4O.HI/c1-26-25(27-16-14-19-8-6-12-22(18-19)24(30)29(2)3)28-17-15-21-11-7-10-20-9-4-5-13-23(20)21;/h4-13,18H,14-17H2,1-3H3,(H2,26,27,28);1H. The summed E-state index contributed by atoms with van der Waals surface area (Å²) in [6.45, 7) is 1.55. The van der Waals surface area contributed by atoms with Crippen LogP contribution in [0.25, 0.3) is 10.8 Å². The van der Waals surface area contributed by atoms with Crippen molar-refractivity contribution in [2.45, 2.75) is 12.8 Å². The van der Waals surface area contributed by atoms with E-state index in [2.05, 4.69) is 58.1 Å². The molecule has 0 unspecified atom stereocenters. The molecule has 0 radical (unpaired) electrons. The molecule has 0 aliphatic rings. The maximum atomic E-state index is 12.1. The number of halogens is 1. The maximum absolute atomic E-state index is 12.1. The molecule has 1 amide bonds. The first-order chi connectivity index (χ1) is 14.6. The number of benzene rings is 3. The van der Waals surface area contributed by atoms with Crippen molar-refractivity contribution < 1.29 is 4.79 Å². The van der Waals surface area contributed by atoms with E-state index in [1.807, 2.05) is 24.3 Å². The summed E-state index contributed by atoms with van der Waals surface area (Å²) in [4.78, 5) is 18.0. The minimum Gasteiger partial charge on any atom is -0.356 e. The molecule has 2 N–H and O–H groups in total. The highest BCUT2D eigenvalue weighted by molar-refractivity contribution is 14.0. The molecule has 0 bridgehead atoms. The molecule has 0 heterocycles. The minimum atomic E-state index is 0. The van der Waals surface area contributed by atoms with Gasteiger partial charge in [0, 0.05) is 39.8 Å². The van der Waals surface area contributed by atoms with Gasteiger partial charge in [0.25, 0.3) is 5.91 Å². The molecular formula is C25H31IN4O. The largest absolute Gasteiger partial charge is 0.356 e.